The molecule has 0 bridgehead atoms. The van der Waals surface area contributed by atoms with Crippen LogP contribution in [0.3, 0.4) is 0 Å². The fraction of sp³-hybridized carbons (Fsp3) is 0.378. The van der Waals surface area contributed by atoms with E-state index in [0.29, 0.717) is 5.92 Å². The van der Waals surface area contributed by atoms with Gasteiger partial charge in [-0.05, 0) is 128 Å². The van der Waals surface area contributed by atoms with Crippen molar-refractivity contribution in [3.05, 3.63) is 108 Å². The van der Waals surface area contributed by atoms with Gasteiger partial charge in [0, 0.05) is 0 Å². The van der Waals surface area contributed by atoms with E-state index in [1.165, 1.54) is 149 Å². The number of hydrogen-bond acceptors (Lipinski definition) is 0. The van der Waals surface area contributed by atoms with E-state index in [-0.39, 0.29) is 0 Å². The molecule has 0 aromatic heterocycles. The fourth-order valence-electron chi connectivity index (χ4n) is 8.52. The van der Waals surface area contributed by atoms with Crippen molar-refractivity contribution in [1.29, 1.82) is 0 Å². The summed E-state index contributed by atoms with van der Waals surface area (Å²) in [7, 11) is 0. The molecule has 1 aliphatic rings. The van der Waals surface area contributed by atoms with Gasteiger partial charge in [-0.15, -0.1) is 6.58 Å². The van der Waals surface area contributed by atoms with E-state index in [0.717, 1.165) is 12.8 Å². The smallest absolute Gasteiger partial charge is 0.00201 e. The number of aryl methyl sites for hydroxylation is 2. The van der Waals surface area contributed by atoms with Gasteiger partial charge in [0.25, 0.3) is 0 Å². The molecule has 0 aliphatic heterocycles. The van der Waals surface area contributed by atoms with Crippen molar-refractivity contribution in [2.45, 2.75) is 109 Å². The molecule has 1 fully saturated rings. The van der Waals surface area contributed by atoms with Crippen LogP contribution in [-0.2, 0) is 12.8 Å². The van der Waals surface area contributed by atoms with Gasteiger partial charge in [-0.1, -0.05) is 137 Å². The highest BCUT2D eigenvalue weighted by Crippen LogP contribution is 2.46. The first-order chi connectivity index (χ1) is 22.3. The lowest BCUT2D eigenvalue weighted by Gasteiger charge is -2.26. The van der Waals surface area contributed by atoms with Gasteiger partial charge in [0.2, 0.25) is 0 Å². The molecule has 6 aromatic carbocycles. The maximum absolute atomic E-state index is 3.90. The van der Waals surface area contributed by atoms with Crippen molar-refractivity contribution in [3.63, 3.8) is 0 Å². The molecule has 0 heterocycles. The van der Waals surface area contributed by atoms with Gasteiger partial charge in [-0.3, -0.25) is 0 Å². The van der Waals surface area contributed by atoms with E-state index in [9.17, 15) is 0 Å². The summed E-state index contributed by atoms with van der Waals surface area (Å²) in [5.74, 6) is 0.679. The van der Waals surface area contributed by atoms with Gasteiger partial charge in [-0.25, -0.2) is 0 Å². The minimum Gasteiger partial charge on any atom is -0.103 e. The zero-order chi connectivity index (χ0) is 30.6. The van der Waals surface area contributed by atoms with E-state index < -0.39 is 0 Å². The molecule has 0 amide bonds. The fourth-order valence-corrected chi connectivity index (χ4v) is 8.52. The van der Waals surface area contributed by atoms with Crippen LogP contribution in [-0.4, -0.2) is 0 Å². The highest BCUT2D eigenvalue weighted by molar-refractivity contribution is 6.34. The zero-order valence-corrected chi connectivity index (χ0v) is 27.5. The van der Waals surface area contributed by atoms with Crippen LogP contribution < -0.4 is 0 Å². The summed E-state index contributed by atoms with van der Waals surface area (Å²) in [5.41, 5.74) is 7.51. The quantitative estimate of drug-likeness (QED) is 0.0543. The first kappa shape index (κ1) is 30.0. The summed E-state index contributed by atoms with van der Waals surface area (Å²) in [6.45, 7) is 6.20. The van der Waals surface area contributed by atoms with Crippen molar-refractivity contribution in [1.82, 2.24) is 0 Å². The normalized spacial score (nSPS) is 14.3. The summed E-state index contributed by atoms with van der Waals surface area (Å²) >= 11 is 0. The van der Waals surface area contributed by atoms with Crippen LogP contribution in [0.25, 0.3) is 54.2 Å². The highest BCUT2D eigenvalue weighted by atomic mass is 14.3. The number of hydrogen-bond donors (Lipinski definition) is 0. The van der Waals surface area contributed by atoms with E-state index in [2.05, 4.69) is 92.4 Å². The molecular weight excluding hydrogens is 540 g/mol. The van der Waals surface area contributed by atoms with E-state index in [1.54, 1.807) is 5.56 Å². The molecule has 0 atom stereocenters. The van der Waals surface area contributed by atoms with E-state index in [1.807, 2.05) is 6.08 Å². The van der Waals surface area contributed by atoms with Gasteiger partial charge in [0.05, 0.1) is 0 Å². The average molecular weight is 591 g/mol. The molecule has 0 N–H and O–H groups in total. The molecule has 45 heavy (non-hydrogen) atoms. The molecule has 0 spiro atoms. The molecule has 7 rings (SSSR count). The lowest BCUT2D eigenvalue weighted by Crippen LogP contribution is -2.07. The molecule has 230 valence electrons. The minimum absolute atomic E-state index is 0.679. The van der Waals surface area contributed by atoms with Crippen molar-refractivity contribution in [2.24, 2.45) is 0 Å². The number of rotatable bonds is 13. The maximum Gasteiger partial charge on any atom is -0.00201 e. The van der Waals surface area contributed by atoms with Crippen LogP contribution in [0.1, 0.15) is 113 Å². The Morgan fingerprint density at radius 1 is 0.600 bits per heavy atom. The topological polar surface area (TPSA) is 0 Å². The highest BCUT2D eigenvalue weighted by Gasteiger charge is 2.22. The Balaban J connectivity index is 1.37. The lowest BCUT2D eigenvalue weighted by molar-refractivity contribution is 0.444. The SMILES string of the molecule is C=CCCCCCc1ccc2c3ccc(-c4cc(CCCCCC)ccc4C4CCCCC4)c4cccc(c5cccc1c52)c43. The molecule has 0 unspecified atom stereocenters. The summed E-state index contributed by atoms with van der Waals surface area (Å²) in [4.78, 5) is 0. The Bertz CT molecular complexity index is 1890. The third-order valence-corrected chi connectivity index (χ3v) is 10.9. The Kier molecular flexibility index (Phi) is 9.20. The third kappa shape index (κ3) is 5.90. The molecule has 1 aliphatic carbocycles. The maximum atomic E-state index is 3.90. The largest absolute Gasteiger partial charge is 0.103 e. The second-order valence-electron chi connectivity index (χ2n) is 13.8. The van der Waals surface area contributed by atoms with Crippen LogP contribution in [0, 0.1) is 0 Å². The monoisotopic (exact) mass is 590 g/mol. The Hall–Kier alpha value is -3.64. The number of unbranched alkanes of at least 4 members (excludes halogenated alkanes) is 6. The second-order valence-corrected chi connectivity index (χ2v) is 13.8. The number of fused-ring (bicyclic) bond motifs is 2. The summed E-state index contributed by atoms with van der Waals surface area (Å²) in [6, 6.07) is 31.5. The Labute approximate surface area is 270 Å². The van der Waals surface area contributed by atoms with Crippen LogP contribution >= 0.6 is 0 Å². The van der Waals surface area contributed by atoms with Crippen LogP contribution in [0.15, 0.2) is 91.5 Å². The average Bonchev–Trinajstić information content (AvgIpc) is 3.09. The summed E-state index contributed by atoms with van der Waals surface area (Å²) in [5, 5.41) is 11.4. The third-order valence-electron chi connectivity index (χ3n) is 10.9. The van der Waals surface area contributed by atoms with Crippen LogP contribution in [0.5, 0.6) is 0 Å². The van der Waals surface area contributed by atoms with E-state index in [4.69, 9.17) is 0 Å². The predicted molar refractivity (Wildman–Crippen MR) is 199 cm³/mol. The molecular formula is C45H50. The van der Waals surface area contributed by atoms with Gasteiger partial charge in [-0.2, -0.15) is 0 Å². The van der Waals surface area contributed by atoms with Gasteiger partial charge in [0.15, 0.2) is 0 Å². The summed E-state index contributed by atoms with van der Waals surface area (Å²) < 4.78 is 0. The molecule has 0 nitrogen and oxygen atoms in total. The standard InChI is InChI=1S/C45H50/c1-3-5-7-9-12-20-34-26-28-41-42-30-29-37(38-22-16-24-40(45(38)42)39-23-15-21-36(34)44(39)41)43-31-32(17-11-8-6-4-2)25-27-35(43)33-18-13-10-14-19-33/h3,15-16,21-31,33H,1,4-14,17-20H2,2H3. The zero-order valence-electron chi connectivity index (χ0n) is 27.5. The first-order valence-electron chi connectivity index (χ1n) is 18.1. The van der Waals surface area contributed by atoms with Crippen LogP contribution in [0.4, 0.5) is 0 Å². The number of benzene rings is 6. The molecule has 1 saturated carbocycles. The van der Waals surface area contributed by atoms with Crippen LogP contribution in [0.2, 0.25) is 0 Å². The van der Waals surface area contributed by atoms with Crippen molar-refractivity contribution in [2.75, 3.05) is 0 Å². The van der Waals surface area contributed by atoms with E-state index >= 15 is 0 Å². The molecule has 6 aromatic rings. The minimum atomic E-state index is 0.679. The molecule has 0 heteroatoms. The van der Waals surface area contributed by atoms with Crippen molar-refractivity contribution < 1.29 is 0 Å². The van der Waals surface area contributed by atoms with Gasteiger partial charge in [0.1, 0.15) is 0 Å². The summed E-state index contributed by atoms with van der Waals surface area (Å²) in [6.07, 6.45) is 21.3. The lowest BCUT2D eigenvalue weighted by atomic mass is 9.79. The Morgan fingerprint density at radius 3 is 2.04 bits per heavy atom. The van der Waals surface area contributed by atoms with Gasteiger partial charge < -0.3 is 0 Å². The molecule has 0 saturated heterocycles. The predicted octanol–water partition coefficient (Wildman–Crippen LogP) is 13.9. The van der Waals surface area contributed by atoms with Gasteiger partial charge >= 0.3 is 0 Å². The second kappa shape index (κ2) is 13.8. The first-order valence-corrected chi connectivity index (χ1v) is 18.1. The van der Waals surface area contributed by atoms with Crippen molar-refractivity contribution in [3.8, 4) is 11.1 Å². The Morgan fingerprint density at radius 2 is 1.27 bits per heavy atom. The van der Waals surface area contributed by atoms with Crippen molar-refractivity contribution >= 4 is 43.1 Å². The number of allylic oxidation sites excluding steroid dienone is 1. The molecule has 0 radical (unpaired) electrons.